The molecule has 0 fully saturated rings. The summed E-state index contributed by atoms with van der Waals surface area (Å²) in [6.45, 7) is 1.66. The van der Waals surface area contributed by atoms with Crippen molar-refractivity contribution in [3.8, 4) is 5.75 Å². The molecule has 0 aliphatic heterocycles. The molecule has 164 valence electrons. The van der Waals surface area contributed by atoms with Crippen LogP contribution in [-0.4, -0.2) is 24.1 Å². The predicted octanol–water partition coefficient (Wildman–Crippen LogP) is 4.73. The van der Waals surface area contributed by atoms with Gasteiger partial charge >= 0.3 is 0 Å². The zero-order chi connectivity index (χ0) is 22.5. The van der Waals surface area contributed by atoms with Crippen LogP contribution >= 0.6 is 11.6 Å². The fourth-order valence-corrected chi connectivity index (χ4v) is 3.75. The van der Waals surface area contributed by atoms with Crippen LogP contribution in [0, 0.1) is 6.92 Å². The van der Waals surface area contributed by atoms with E-state index in [0.717, 1.165) is 12.0 Å². The molecule has 3 aromatic rings. The van der Waals surface area contributed by atoms with Crippen LogP contribution in [0.25, 0.3) is 0 Å². The van der Waals surface area contributed by atoms with Crippen molar-refractivity contribution in [3.05, 3.63) is 82.3 Å². The normalized spacial score (nSPS) is 14.0. The molecule has 0 unspecified atom stereocenters. The van der Waals surface area contributed by atoms with E-state index >= 15 is 0 Å². The number of carbonyl (C=O) groups excluding carboxylic acids is 2. The van der Waals surface area contributed by atoms with Gasteiger partial charge in [0.15, 0.2) is 12.4 Å². The van der Waals surface area contributed by atoms with Gasteiger partial charge in [0.05, 0.1) is 16.4 Å². The summed E-state index contributed by atoms with van der Waals surface area (Å²) in [5.74, 6) is 0.751. The number of para-hydroxylation sites is 2. The second kappa shape index (κ2) is 9.70. The molecule has 7 nitrogen and oxygen atoms in total. The number of furan rings is 1. The van der Waals surface area contributed by atoms with Gasteiger partial charge in [-0.1, -0.05) is 41.9 Å². The fraction of sp³-hybridized carbons (Fsp3) is 0.208. The number of benzene rings is 2. The first-order chi connectivity index (χ1) is 15.5. The quantitative estimate of drug-likeness (QED) is 0.530. The minimum absolute atomic E-state index is 0.149. The Hall–Kier alpha value is -3.58. The van der Waals surface area contributed by atoms with Gasteiger partial charge in [-0.15, -0.1) is 0 Å². The van der Waals surface area contributed by atoms with Crippen molar-refractivity contribution < 1.29 is 18.7 Å². The molecule has 2 amide bonds. The Morgan fingerprint density at radius 3 is 2.62 bits per heavy atom. The van der Waals surface area contributed by atoms with E-state index in [-0.39, 0.29) is 24.2 Å². The van der Waals surface area contributed by atoms with Crippen molar-refractivity contribution in [3.63, 3.8) is 0 Å². The van der Waals surface area contributed by atoms with Crippen molar-refractivity contribution >= 4 is 34.8 Å². The molecule has 1 aromatic heterocycles. The third-order valence-electron chi connectivity index (χ3n) is 5.08. The maximum absolute atomic E-state index is 12.8. The number of rotatable bonds is 6. The van der Waals surface area contributed by atoms with E-state index in [1.54, 1.807) is 36.4 Å². The Morgan fingerprint density at radius 1 is 1.09 bits per heavy atom. The van der Waals surface area contributed by atoms with Crippen LogP contribution in [0.2, 0.25) is 5.02 Å². The van der Waals surface area contributed by atoms with Crippen molar-refractivity contribution in [2.45, 2.75) is 26.2 Å². The molecule has 0 saturated heterocycles. The first-order valence-corrected chi connectivity index (χ1v) is 10.6. The Morgan fingerprint density at radius 2 is 1.84 bits per heavy atom. The molecular weight excluding hydrogens is 430 g/mol. The summed E-state index contributed by atoms with van der Waals surface area (Å²) in [4.78, 5) is 25.0. The van der Waals surface area contributed by atoms with E-state index in [1.807, 2.05) is 25.1 Å². The van der Waals surface area contributed by atoms with E-state index in [0.29, 0.717) is 46.3 Å². The molecular formula is C24H22ClN3O4. The molecule has 8 heteroatoms. The molecule has 0 bridgehead atoms. The third kappa shape index (κ3) is 4.84. The number of fused-ring (bicyclic) bond motifs is 1. The lowest BCUT2D eigenvalue weighted by Gasteiger charge is -2.13. The van der Waals surface area contributed by atoms with Crippen LogP contribution in [0.15, 0.2) is 64.1 Å². The lowest BCUT2D eigenvalue weighted by molar-refractivity contribution is -0.123. The zero-order valence-corrected chi connectivity index (χ0v) is 18.2. The van der Waals surface area contributed by atoms with Gasteiger partial charge in [0.2, 0.25) is 0 Å². The number of aryl methyl sites for hydroxylation is 1. The number of carbonyl (C=O) groups is 2. The van der Waals surface area contributed by atoms with Gasteiger partial charge in [0.1, 0.15) is 11.5 Å². The largest absolute Gasteiger partial charge is 0.484 e. The highest BCUT2D eigenvalue weighted by Gasteiger charge is 2.28. The minimum Gasteiger partial charge on any atom is -0.484 e. The Labute approximate surface area is 190 Å². The molecule has 1 aliphatic carbocycles. The molecule has 4 rings (SSSR count). The molecule has 1 heterocycles. The third-order valence-corrected chi connectivity index (χ3v) is 5.41. The summed E-state index contributed by atoms with van der Waals surface area (Å²) < 4.78 is 11.3. The number of nitrogens with zero attached hydrogens (tertiary/aromatic N) is 1. The van der Waals surface area contributed by atoms with E-state index < -0.39 is 0 Å². The minimum atomic E-state index is -0.385. The van der Waals surface area contributed by atoms with Gasteiger partial charge in [0, 0.05) is 17.5 Å². The number of hydrogen-bond acceptors (Lipinski definition) is 5. The smallest absolute Gasteiger partial charge is 0.291 e. The average molecular weight is 452 g/mol. The maximum atomic E-state index is 12.8. The van der Waals surface area contributed by atoms with Crippen LogP contribution in [0.1, 0.15) is 40.3 Å². The van der Waals surface area contributed by atoms with Crippen molar-refractivity contribution in [1.29, 1.82) is 0 Å². The van der Waals surface area contributed by atoms with Crippen molar-refractivity contribution in [2.75, 3.05) is 11.9 Å². The zero-order valence-electron chi connectivity index (χ0n) is 17.5. The van der Waals surface area contributed by atoms with Gasteiger partial charge in [-0.3, -0.25) is 9.59 Å². The first-order valence-electron chi connectivity index (χ1n) is 10.2. The van der Waals surface area contributed by atoms with Crippen LogP contribution in [-0.2, 0) is 11.2 Å². The van der Waals surface area contributed by atoms with E-state index in [9.17, 15) is 9.59 Å². The lowest BCUT2D eigenvalue weighted by Crippen LogP contribution is -2.27. The monoisotopic (exact) mass is 451 g/mol. The van der Waals surface area contributed by atoms with Crippen LogP contribution in [0.3, 0.4) is 0 Å². The molecule has 2 aromatic carbocycles. The van der Waals surface area contributed by atoms with Gasteiger partial charge in [-0.2, -0.15) is 5.10 Å². The van der Waals surface area contributed by atoms with Crippen molar-refractivity contribution in [2.24, 2.45) is 5.10 Å². The van der Waals surface area contributed by atoms with Gasteiger partial charge in [-0.25, -0.2) is 5.43 Å². The number of ether oxygens (including phenoxy) is 1. The van der Waals surface area contributed by atoms with Crippen LogP contribution in [0.4, 0.5) is 5.69 Å². The number of amides is 2. The summed E-state index contributed by atoms with van der Waals surface area (Å²) in [6, 6.07) is 16.1. The lowest BCUT2D eigenvalue weighted by atomic mass is 9.93. The van der Waals surface area contributed by atoms with E-state index in [4.69, 9.17) is 20.8 Å². The predicted molar refractivity (Wildman–Crippen MR) is 122 cm³/mol. The topological polar surface area (TPSA) is 92.9 Å². The number of hydrogen-bond donors (Lipinski definition) is 2. The molecule has 2 N–H and O–H groups in total. The SMILES string of the molecule is Cc1c(C(=O)Nc2ccccc2Cl)oc2c1/C(=N/NC(=O)COc1ccccc1)CCC2. The first kappa shape index (κ1) is 21.6. The van der Waals surface area contributed by atoms with Crippen LogP contribution < -0.4 is 15.5 Å². The van der Waals surface area contributed by atoms with Gasteiger partial charge < -0.3 is 14.5 Å². The average Bonchev–Trinajstić information content (AvgIpc) is 3.15. The molecule has 0 radical (unpaired) electrons. The summed E-state index contributed by atoms with van der Waals surface area (Å²) in [5, 5.41) is 7.52. The molecule has 32 heavy (non-hydrogen) atoms. The van der Waals surface area contributed by atoms with E-state index in [2.05, 4.69) is 15.8 Å². The number of halogens is 1. The van der Waals surface area contributed by atoms with Crippen molar-refractivity contribution in [1.82, 2.24) is 5.43 Å². The van der Waals surface area contributed by atoms with Crippen LogP contribution in [0.5, 0.6) is 5.75 Å². The van der Waals surface area contributed by atoms with Gasteiger partial charge in [0.25, 0.3) is 11.8 Å². The van der Waals surface area contributed by atoms with E-state index in [1.165, 1.54) is 0 Å². The highest BCUT2D eigenvalue weighted by Crippen LogP contribution is 2.31. The standard InChI is InChI=1S/C24H22ClN3O4/c1-15-22-19(27-28-21(29)14-31-16-8-3-2-4-9-16)12-7-13-20(22)32-23(15)24(30)26-18-11-6-5-10-17(18)25/h2-6,8-11H,7,12-14H2,1H3,(H,26,30)(H,28,29)/b27-19+. The molecule has 1 aliphatic rings. The summed E-state index contributed by atoms with van der Waals surface area (Å²) in [5.41, 5.74) is 5.17. The Kier molecular flexibility index (Phi) is 6.56. The Bertz CT molecular complexity index is 1170. The molecule has 0 atom stereocenters. The fourth-order valence-electron chi connectivity index (χ4n) is 3.57. The van der Waals surface area contributed by atoms with Gasteiger partial charge in [-0.05, 0) is 44.0 Å². The summed E-state index contributed by atoms with van der Waals surface area (Å²) in [6.07, 6.45) is 2.17. The summed E-state index contributed by atoms with van der Waals surface area (Å²) in [7, 11) is 0. The number of hydrazone groups is 1. The highest BCUT2D eigenvalue weighted by atomic mass is 35.5. The maximum Gasteiger partial charge on any atom is 0.291 e. The molecule has 0 spiro atoms. The number of anilines is 1. The Balaban J connectivity index is 1.47. The molecule has 0 saturated carbocycles. The number of nitrogens with one attached hydrogen (secondary N) is 2. The highest BCUT2D eigenvalue weighted by molar-refractivity contribution is 6.33. The summed E-state index contributed by atoms with van der Waals surface area (Å²) >= 11 is 6.14. The second-order valence-electron chi connectivity index (χ2n) is 7.34. The second-order valence-corrected chi connectivity index (χ2v) is 7.74.